The van der Waals surface area contributed by atoms with Gasteiger partial charge in [-0.05, 0) is 13.3 Å². The Morgan fingerprint density at radius 2 is 2.28 bits per heavy atom. The molecule has 1 unspecified atom stereocenters. The van der Waals surface area contributed by atoms with Crippen molar-refractivity contribution >= 4 is 15.7 Å². The van der Waals surface area contributed by atoms with Gasteiger partial charge in [-0.15, -0.1) is 0 Å². The van der Waals surface area contributed by atoms with Crippen LogP contribution in [0.5, 0.6) is 0 Å². The van der Waals surface area contributed by atoms with Crippen LogP contribution < -0.4 is 10.6 Å². The van der Waals surface area contributed by atoms with E-state index < -0.39 is 9.84 Å². The van der Waals surface area contributed by atoms with Crippen LogP contribution in [0.4, 0.5) is 0 Å². The van der Waals surface area contributed by atoms with E-state index in [1.165, 1.54) is 0 Å². The van der Waals surface area contributed by atoms with Crippen molar-refractivity contribution in [2.24, 2.45) is 0 Å². The minimum atomic E-state index is -2.97. The summed E-state index contributed by atoms with van der Waals surface area (Å²) in [6, 6.07) is -0.254. The second-order valence-electron chi connectivity index (χ2n) is 4.37. The van der Waals surface area contributed by atoms with Gasteiger partial charge >= 0.3 is 0 Å². The molecule has 1 aliphatic rings. The van der Waals surface area contributed by atoms with Crippen molar-refractivity contribution in [2.75, 3.05) is 37.8 Å². The number of carbonyl (C=O) groups excluding carboxylic acids is 1. The molecule has 1 heterocycles. The average molecular weight is 278 g/mol. The van der Waals surface area contributed by atoms with Gasteiger partial charge in [-0.3, -0.25) is 4.79 Å². The van der Waals surface area contributed by atoms with Crippen LogP contribution >= 0.6 is 0 Å². The van der Waals surface area contributed by atoms with E-state index in [0.717, 1.165) is 6.42 Å². The van der Waals surface area contributed by atoms with E-state index in [2.05, 4.69) is 10.6 Å². The van der Waals surface area contributed by atoms with Crippen LogP contribution in [0.3, 0.4) is 0 Å². The number of hydrogen-bond acceptors (Lipinski definition) is 5. The lowest BCUT2D eigenvalue weighted by molar-refractivity contribution is -0.121. The fraction of sp³-hybridized carbons (Fsp3) is 0.909. The highest BCUT2D eigenvalue weighted by molar-refractivity contribution is 7.91. The summed E-state index contributed by atoms with van der Waals surface area (Å²) in [6.07, 6.45) is 0.990. The number of carbonyl (C=O) groups is 1. The second-order valence-corrected chi connectivity index (χ2v) is 6.60. The summed E-state index contributed by atoms with van der Waals surface area (Å²) in [5.41, 5.74) is 0. The van der Waals surface area contributed by atoms with Crippen molar-refractivity contribution in [3.8, 4) is 0 Å². The molecule has 0 aromatic heterocycles. The summed E-state index contributed by atoms with van der Waals surface area (Å²) < 4.78 is 27.9. The largest absolute Gasteiger partial charge is 0.382 e. The summed E-state index contributed by atoms with van der Waals surface area (Å²) in [7, 11) is -2.97. The minimum Gasteiger partial charge on any atom is -0.382 e. The van der Waals surface area contributed by atoms with Crippen LogP contribution in [-0.2, 0) is 19.4 Å². The maximum Gasteiger partial charge on any atom is 0.221 e. The Balaban J connectivity index is 2.16. The highest BCUT2D eigenvalue weighted by Crippen LogP contribution is 2.04. The molecule has 0 saturated carbocycles. The molecule has 1 saturated heterocycles. The predicted molar refractivity (Wildman–Crippen MR) is 69.2 cm³/mol. The SMILES string of the molecule is CCOCCCNC(=O)CC1CS(=O)(=O)CCN1. The molecule has 1 amide bonds. The number of nitrogens with one attached hydrogen (secondary N) is 2. The zero-order valence-corrected chi connectivity index (χ0v) is 11.6. The number of rotatable bonds is 7. The van der Waals surface area contributed by atoms with Crippen LogP contribution in [0, 0.1) is 0 Å². The molecule has 7 heteroatoms. The molecule has 106 valence electrons. The van der Waals surface area contributed by atoms with E-state index in [1.54, 1.807) is 0 Å². The maximum atomic E-state index is 11.6. The summed E-state index contributed by atoms with van der Waals surface area (Å²) in [4.78, 5) is 11.6. The van der Waals surface area contributed by atoms with Gasteiger partial charge in [0.05, 0.1) is 11.5 Å². The van der Waals surface area contributed by atoms with Crippen molar-refractivity contribution in [1.29, 1.82) is 0 Å². The van der Waals surface area contributed by atoms with Gasteiger partial charge in [0, 0.05) is 38.8 Å². The van der Waals surface area contributed by atoms with E-state index in [1.807, 2.05) is 6.92 Å². The standard InChI is InChI=1S/C11H22N2O4S/c1-2-17-6-3-4-13-11(14)8-10-9-18(15,16)7-5-12-10/h10,12H,2-9H2,1H3,(H,13,14). The lowest BCUT2D eigenvalue weighted by Gasteiger charge is -2.23. The Morgan fingerprint density at radius 3 is 2.94 bits per heavy atom. The van der Waals surface area contributed by atoms with E-state index in [4.69, 9.17) is 4.74 Å². The molecule has 1 atom stereocenters. The van der Waals surface area contributed by atoms with Crippen LogP contribution in [0.25, 0.3) is 0 Å². The van der Waals surface area contributed by atoms with Gasteiger partial charge in [-0.1, -0.05) is 0 Å². The van der Waals surface area contributed by atoms with Crippen molar-refractivity contribution < 1.29 is 17.9 Å². The van der Waals surface area contributed by atoms with Gasteiger partial charge in [0.1, 0.15) is 0 Å². The molecule has 0 spiro atoms. The van der Waals surface area contributed by atoms with Crippen molar-refractivity contribution in [1.82, 2.24) is 10.6 Å². The first-order valence-corrected chi connectivity index (χ1v) is 8.14. The highest BCUT2D eigenvalue weighted by Gasteiger charge is 2.25. The predicted octanol–water partition coefficient (Wildman–Crippen LogP) is -0.694. The lowest BCUT2D eigenvalue weighted by Crippen LogP contribution is -2.47. The quantitative estimate of drug-likeness (QED) is 0.602. The van der Waals surface area contributed by atoms with Crippen LogP contribution in [0.2, 0.25) is 0 Å². The van der Waals surface area contributed by atoms with Crippen LogP contribution in [0.15, 0.2) is 0 Å². The molecule has 0 aromatic rings. The molecule has 6 nitrogen and oxygen atoms in total. The Labute approximate surface area is 108 Å². The van der Waals surface area contributed by atoms with Gasteiger partial charge in [-0.25, -0.2) is 8.42 Å². The van der Waals surface area contributed by atoms with Crippen molar-refractivity contribution in [3.63, 3.8) is 0 Å². The highest BCUT2D eigenvalue weighted by atomic mass is 32.2. The molecule has 0 aliphatic carbocycles. The van der Waals surface area contributed by atoms with Crippen LogP contribution in [-0.4, -0.2) is 58.2 Å². The van der Waals surface area contributed by atoms with Gasteiger partial charge in [0.15, 0.2) is 9.84 Å². The maximum absolute atomic E-state index is 11.6. The number of hydrogen-bond donors (Lipinski definition) is 2. The summed E-state index contributed by atoms with van der Waals surface area (Å²) in [5, 5.41) is 5.81. The molecule has 0 radical (unpaired) electrons. The third-order valence-electron chi connectivity index (χ3n) is 2.72. The zero-order valence-electron chi connectivity index (χ0n) is 10.8. The smallest absolute Gasteiger partial charge is 0.221 e. The van der Waals surface area contributed by atoms with E-state index in [0.29, 0.717) is 26.3 Å². The van der Waals surface area contributed by atoms with Crippen molar-refractivity contribution in [2.45, 2.75) is 25.8 Å². The molecule has 18 heavy (non-hydrogen) atoms. The third-order valence-corrected chi connectivity index (χ3v) is 4.46. The fourth-order valence-electron chi connectivity index (χ4n) is 1.84. The van der Waals surface area contributed by atoms with E-state index >= 15 is 0 Å². The first-order valence-electron chi connectivity index (χ1n) is 6.32. The Hall–Kier alpha value is -0.660. The Kier molecular flexibility index (Phi) is 6.59. The topological polar surface area (TPSA) is 84.5 Å². The second kappa shape index (κ2) is 7.70. The molecular formula is C11H22N2O4S. The molecule has 1 rings (SSSR count). The number of ether oxygens (including phenoxy) is 1. The summed E-state index contributed by atoms with van der Waals surface area (Å²) >= 11 is 0. The molecule has 1 fully saturated rings. The molecule has 0 aromatic carbocycles. The Morgan fingerprint density at radius 1 is 1.50 bits per heavy atom. The zero-order chi connectivity index (χ0) is 13.4. The van der Waals surface area contributed by atoms with Gasteiger partial charge in [0.25, 0.3) is 0 Å². The molecule has 2 N–H and O–H groups in total. The van der Waals surface area contributed by atoms with E-state index in [-0.39, 0.29) is 29.9 Å². The summed E-state index contributed by atoms with van der Waals surface area (Å²) in [5.74, 6) is 0.111. The normalized spacial score (nSPS) is 22.6. The minimum absolute atomic E-state index is 0.0549. The summed E-state index contributed by atoms with van der Waals surface area (Å²) in [6.45, 7) is 4.24. The first-order chi connectivity index (χ1) is 8.53. The molecule has 0 bridgehead atoms. The van der Waals surface area contributed by atoms with Gasteiger partial charge < -0.3 is 15.4 Å². The number of amides is 1. The third kappa shape index (κ3) is 6.32. The van der Waals surface area contributed by atoms with Gasteiger partial charge in [0.2, 0.25) is 5.91 Å². The number of sulfone groups is 1. The lowest BCUT2D eigenvalue weighted by atomic mass is 10.2. The van der Waals surface area contributed by atoms with Crippen LogP contribution in [0.1, 0.15) is 19.8 Å². The molecule has 1 aliphatic heterocycles. The first kappa shape index (κ1) is 15.4. The fourth-order valence-corrected chi connectivity index (χ4v) is 3.29. The Bertz CT molecular complexity index is 356. The molecular weight excluding hydrogens is 256 g/mol. The average Bonchev–Trinajstić information content (AvgIpc) is 2.27. The van der Waals surface area contributed by atoms with E-state index in [9.17, 15) is 13.2 Å². The monoisotopic (exact) mass is 278 g/mol. The van der Waals surface area contributed by atoms with Crippen molar-refractivity contribution in [3.05, 3.63) is 0 Å². The van der Waals surface area contributed by atoms with Gasteiger partial charge in [-0.2, -0.15) is 0 Å².